The molecular weight excluding hydrogens is 340 g/mol. The molecule has 0 aliphatic rings. The third-order valence-corrected chi connectivity index (χ3v) is 4.40. The van der Waals surface area contributed by atoms with Crippen molar-refractivity contribution < 1.29 is 9.59 Å². The van der Waals surface area contributed by atoms with Crippen LogP contribution in [0.15, 0.2) is 74.4 Å². The van der Waals surface area contributed by atoms with Crippen LogP contribution in [0.2, 0.25) is 0 Å². The summed E-state index contributed by atoms with van der Waals surface area (Å²) in [7, 11) is 0. The molecule has 2 heterocycles. The molecule has 0 spiro atoms. The normalized spacial score (nSPS) is 12.5. The Morgan fingerprint density at radius 2 is 1.93 bits per heavy atom. The molecule has 0 saturated carbocycles. The number of nitrogens with zero attached hydrogens (tertiary/aromatic N) is 3. The van der Waals surface area contributed by atoms with Gasteiger partial charge in [-0.1, -0.05) is 19.1 Å². The van der Waals surface area contributed by atoms with Crippen molar-refractivity contribution >= 4 is 11.8 Å². The Bertz CT molecular complexity index is 792. The lowest BCUT2D eigenvalue weighted by Crippen LogP contribution is -2.59. The van der Waals surface area contributed by atoms with Gasteiger partial charge >= 0.3 is 0 Å². The van der Waals surface area contributed by atoms with Crippen LogP contribution in [0.3, 0.4) is 0 Å². The zero-order valence-electron chi connectivity index (χ0n) is 15.5. The largest absolute Gasteiger partial charge is 0.350 e. The number of hydrogen-bond acceptors (Lipinski definition) is 4. The van der Waals surface area contributed by atoms with Crippen LogP contribution in [0.5, 0.6) is 0 Å². The molecule has 0 aliphatic carbocycles. The van der Waals surface area contributed by atoms with Gasteiger partial charge in [-0.25, -0.2) is 0 Å². The van der Waals surface area contributed by atoms with Gasteiger partial charge in [-0.15, -0.1) is 13.2 Å². The van der Waals surface area contributed by atoms with Crippen molar-refractivity contribution in [2.45, 2.75) is 25.4 Å². The summed E-state index contributed by atoms with van der Waals surface area (Å²) in [4.78, 5) is 35.9. The van der Waals surface area contributed by atoms with Crippen molar-refractivity contribution in [3.05, 3.63) is 85.5 Å². The van der Waals surface area contributed by atoms with Gasteiger partial charge in [0, 0.05) is 37.9 Å². The van der Waals surface area contributed by atoms with E-state index in [0.29, 0.717) is 18.5 Å². The van der Waals surface area contributed by atoms with E-state index in [-0.39, 0.29) is 18.4 Å². The molecule has 6 heteroatoms. The lowest BCUT2D eigenvalue weighted by Gasteiger charge is -2.40. The van der Waals surface area contributed by atoms with E-state index < -0.39 is 5.54 Å². The van der Waals surface area contributed by atoms with Gasteiger partial charge in [0.15, 0.2) is 0 Å². The smallest absolute Gasteiger partial charge is 0.256 e. The van der Waals surface area contributed by atoms with Crippen molar-refractivity contribution in [2.75, 3.05) is 6.54 Å². The second-order valence-corrected chi connectivity index (χ2v) is 5.97. The van der Waals surface area contributed by atoms with Gasteiger partial charge < -0.3 is 10.2 Å². The highest BCUT2D eigenvalue weighted by molar-refractivity contribution is 6.00. The Kier molecular flexibility index (Phi) is 7.00. The summed E-state index contributed by atoms with van der Waals surface area (Å²) in [6, 6.07) is 7.00. The molecule has 6 nitrogen and oxygen atoms in total. The van der Waals surface area contributed by atoms with Gasteiger partial charge in [-0.05, 0) is 36.2 Å². The average molecular weight is 364 g/mol. The molecule has 1 N–H and O–H groups in total. The lowest BCUT2D eigenvalue weighted by atomic mass is 9.90. The number of hydrogen-bond donors (Lipinski definition) is 1. The maximum absolute atomic E-state index is 13.3. The third-order valence-electron chi connectivity index (χ3n) is 4.40. The summed E-state index contributed by atoms with van der Waals surface area (Å²) in [6.45, 7) is 9.88. The molecule has 1 atom stereocenters. The Hall–Kier alpha value is -3.28. The van der Waals surface area contributed by atoms with Crippen LogP contribution in [-0.2, 0) is 11.3 Å². The summed E-state index contributed by atoms with van der Waals surface area (Å²) >= 11 is 0. The highest BCUT2D eigenvalue weighted by Crippen LogP contribution is 2.26. The fraction of sp³-hybridized carbons (Fsp3) is 0.238. The van der Waals surface area contributed by atoms with Gasteiger partial charge in [0.05, 0.1) is 5.56 Å². The highest BCUT2D eigenvalue weighted by atomic mass is 16.2. The summed E-state index contributed by atoms with van der Waals surface area (Å²) < 4.78 is 0. The number of aromatic nitrogens is 2. The first-order valence-electron chi connectivity index (χ1n) is 8.72. The molecule has 0 bridgehead atoms. The van der Waals surface area contributed by atoms with Crippen molar-refractivity contribution in [3.8, 4) is 0 Å². The minimum atomic E-state index is -1.21. The molecule has 0 radical (unpaired) electrons. The zero-order valence-corrected chi connectivity index (χ0v) is 15.5. The second-order valence-electron chi connectivity index (χ2n) is 5.97. The topological polar surface area (TPSA) is 75.2 Å². The molecule has 0 aliphatic heterocycles. The van der Waals surface area contributed by atoms with Crippen LogP contribution in [0, 0.1) is 0 Å². The molecule has 2 rings (SSSR count). The maximum atomic E-state index is 13.3. The number of pyridine rings is 2. The number of carbonyl (C=O) groups is 2. The first kappa shape index (κ1) is 20.0. The van der Waals surface area contributed by atoms with E-state index in [2.05, 4.69) is 28.4 Å². The summed E-state index contributed by atoms with van der Waals surface area (Å²) in [5, 5.41) is 2.80. The average Bonchev–Trinajstić information content (AvgIpc) is 2.73. The van der Waals surface area contributed by atoms with Crippen molar-refractivity contribution in [2.24, 2.45) is 0 Å². The SMILES string of the molecule is C=CCNC(=O)C(C=C)(CC)N(Cc1ccncc1)C(=O)c1cccnc1. The first-order valence-corrected chi connectivity index (χ1v) is 8.72. The fourth-order valence-corrected chi connectivity index (χ4v) is 2.85. The molecule has 2 aromatic heterocycles. The first-order chi connectivity index (χ1) is 13.1. The Morgan fingerprint density at radius 3 is 2.48 bits per heavy atom. The molecule has 2 amide bonds. The van der Waals surface area contributed by atoms with Gasteiger partial charge in [-0.2, -0.15) is 0 Å². The van der Waals surface area contributed by atoms with E-state index in [4.69, 9.17) is 0 Å². The van der Waals surface area contributed by atoms with Gasteiger partial charge in [0.1, 0.15) is 5.54 Å². The molecular formula is C21H24N4O2. The molecule has 1 unspecified atom stereocenters. The maximum Gasteiger partial charge on any atom is 0.256 e. The standard InChI is InChI=1S/C21H24N4O2/c1-4-11-24-20(27)21(5-2,6-3)25(16-17-9-13-22-14-10-17)19(26)18-8-7-12-23-15-18/h4-5,7-10,12-15H,1-2,6,11,16H2,3H3,(H,24,27). The van der Waals surface area contributed by atoms with Crippen LogP contribution >= 0.6 is 0 Å². The van der Waals surface area contributed by atoms with Crippen LogP contribution in [0.25, 0.3) is 0 Å². The Labute approximate surface area is 159 Å². The highest BCUT2D eigenvalue weighted by Gasteiger charge is 2.42. The van der Waals surface area contributed by atoms with E-state index in [1.807, 2.05) is 19.1 Å². The predicted octanol–water partition coefficient (Wildman–Crippen LogP) is 2.76. The fourth-order valence-electron chi connectivity index (χ4n) is 2.85. The third kappa shape index (κ3) is 4.47. The van der Waals surface area contributed by atoms with Crippen LogP contribution in [-0.4, -0.2) is 38.8 Å². The minimum absolute atomic E-state index is 0.234. The quantitative estimate of drug-likeness (QED) is 0.694. The second kappa shape index (κ2) is 9.43. The zero-order chi connectivity index (χ0) is 19.7. The molecule has 0 saturated heterocycles. The number of carbonyl (C=O) groups excluding carboxylic acids is 2. The van der Waals surface area contributed by atoms with E-state index in [0.717, 1.165) is 5.56 Å². The van der Waals surface area contributed by atoms with E-state index in [1.165, 1.54) is 17.2 Å². The van der Waals surface area contributed by atoms with E-state index in [9.17, 15) is 9.59 Å². The van der Waals surface area contributed by atoms with Gasteiger partial charge in [0.2, 0.25) is 5.91 Å². The number of rotatable bonds is 9. The molecule has 2 aromatic rings. The number of amides is 2. The predicted molar refractivity (Wildman–Crippen MR) is 105 cm³/mol. The van der Waals surface area contributed by atoms with Gasteiger partial charge in [-0.3, -0.25) is 19.6 Å². The molecule has 0 aromatic carbocycles. The molecule has 140 valence electrons. The summed E-state index contributed by atoms with van der Waals surface area (Å²) in [5.41, 5.74) is 0.0559. The summed E-state index contributed by atoms with van der Waals surface area (Å²) in [5.74, 6) is -0.596. The number of nitrogens with one attached hydrogen (secondary N) is 1. The molecule has 27 heavy (non-hydrogen) atoms. The van der Waals surface area contributed by atoms with E-state index in [1.54, 1.807) is 36.8 Å². The van der Waals surface area contributed by atoms with Crippen molar-refractivity contribution in [3.63, 3.8) is 0 Å². The molecule has 0 fully saturated rings. The van der Waals surface area contributed by atoms with Crippen LogP contribution in [0.1, 0.15) is 29.3 Å². The Balaban J connectivity index is 2.50. The van der Waals surface area contributed by atoms with Crippen molar-refractivity contribution in [1.29, 1.82) is 0 Å². The summed E-state index contributed by atoms with van der Waals surface area (Å²) in [6.07, 6.45) is 9.89. The Morgan fingerprint density at radius 1 is 1.19 bits per heavy atom. The minimum Gasteiger partial charge on any atom is -0.350 e. The van der Waals surface area contributed by atoms with Gasteiger partial charge in [0.25, 0.3) is 5.91 Å². The lowest BCUT2D eigenvalue weighted by molar-refractivity contribution is -0.129. The van der Waals surface area contributed by atoms with Crippen LogP contribution < -0.4 is 5.32 Å². The van der Waals surface area contributed by atoms with E-state index >= 15 is 0 Å². The van der Waals surface area contributed by atoms with Crippen molar-refractivity contribution in [1.82, 2.24) is 20.2 Å². The van der Waals surface area contributed by atoms with Crippen LogP contribution in [0.4, 0.5) is 0 Å². The monoisotopic (exact) mass is 364 g/mol.